The molecule has 0 bridgehead atoms. The molecule has 1 N–H and O–H groups in total. The van der Waals surface area contributed by atoms with E-state index in [2.05, 4.69) is 24.1 Å². The highest BCUT2D eigenvalue weighted by Gasteiger charge is 2.04. The van der Waals surface area contributed by atoms with Gasteiger partial charge in [0.2, 0.25) is 0 Å². The van der Waals surface area contributed by atoms with Gasteiger partial charge in [-0.3, -0.25) is 4.98 Å². The molecular formula is C16H18Cl2N2O. The van der Waals surface area contributed by atoms with Crippen LogP contribution in [0.5, 0.6) is 5.75 Å². The van der Waals surface area contributed by atoms with Gasteiger partial charge in [0.1, 0.15) is 12.4 Å². The monoisotopic (exact) mass is 324 g/mol. The predicted molar refractivity (Wildman–Crippen MR) is 87.0 cm³/mol. The molecule has 3 nitrogen and oxygen atoms in total. The maximum Gasteiger partial charge on any atom is 0.138 e. The SMILES string of the molecule is CC(C)NCc1cccc(COc2ccc(Cl)cc2Cl)n1. The van der Waals surface area contributed by atoms with Gasteiger partial charge in [-0.2, -0.15) is 0 Å². The molecule has 112 valence electrons. The van der Waals surface area contributed by atoms with Crippen LogP contribution in [0.15, 0.2) is 36.4 Å². The maximum atomic E-state index is 6.07. The Balaban J connectivity index is 1.98. The van der Waals surface area contributed by atoms with E-state index in [1.54, 1.807) is 18.2 Å². The van der Waals surface area contributed by atoms with Crippen LogP contribution in [0.2, 0.25) is 10.0 Å². The first-order valence-corrected chi connectivity index (χ1v) is 7.56. The first-order chi connectivity index (χ1) is 10.0. The van der Waals surface area contributed by atoms with E-state index in [1.807, 2.05) is 18.2 Å². The van der Waals surface area contributed by atoms with Gasteiger partial charge in [-0.1, -0.05) is 43.1 Å². The molecule has 21 heavy (non-hydrogen) atoms. The summed E-state index contributed by atoms with van der Waals surface area (Å²) < 4.78 is 5.68. The number of aromatic nitrogens is 1. The number of pyridine rings is 1. The highest BCUT2D eigenvalue weighted by molar-refractivity contribution is 6.35. The lowest BCUT2D eigenvalue weighted by Gasteiger charge is -2.10. The summed E-state index contributed by atoms with van der Waals surface area (Å²) in [6.07, 6.45) is 0. The normalized spacial score (nSPS) is 10.9. The molecule has 0 amide bonds. The van der Waals surface area contributed by atoms with Crippen LogP contribution in [-0.2, 0) is 13.2 Å². The molecule has 5 heteroatoms. The molecule has 0 spiro atoms. The summed E-state index contributed by atoms with van der Waals surface area (Å²) >= 11 is 11.9. The lowest BCUT2D eigenvalue weighted by atomic mass is 10.3. The molecular weight excluding hydrogens is 307 g/mol. The van der Waals surface area contributed by atoms with E-state index in [-0.39, 0.29) is 0 Å². The zero-order chi connectivity index (χ0) is 15.2. The van der Waals surface area contributed by atoms with Gasteiger partial charge in [0, 0.05) is 17.6 Å². The largest absolute Gasteiger partial charge is 0.486 e. The third kappa shape index (κ3) is 5.20. The second kappa shape index (κ2) is 7.64. The minimum atomic E-state index is 0.372. The maximum absolute atomic E-state index is 6.07. The number of nitrogens with zero attached hydrogens (tertiary/aromatic N) is 1. The number of rotatable bonds is 6. The molecule has 1 heterocycles. The summed E-state index contributed by atoms with van der Waals surface area (Å²) in [7, 11) is 0. The first kappa shape index (κ1) is 16.1. The van der Waals surface area contributed by atoms with Gasteiger partial charge >= 0.3 is 0 Å². The van der Waals surface area contributed by atoms with Crippen molar-refractivity contribution in [1.29, 1.82) is 0 Å². The lowest BCUT2D eigenvalue weighted by molar-refractivity contribution is 0.301. The molecule has 0 aliphatic rings. The van der Waals surface area contributed by atoms with Gasteiger partial charge in [-0.25, -0.2) is 0 Å². The Morgan fingerprint density at radius 1 is 1.14 bits per heavy atom. The van der Waals surface area contributed by atoms with Gasteiger partial charge in [0.15, 0.2) is 0 Å². The van der Waals surface area contributed by atoms with E-state index < -0.39 is 0 Å². The van der Waals surface area contributed by atoms with Gasteiger partial charge in [0.05, 0.1) is 16.4 Å². The highest BCUT2D eigenvalue weighted by Crippen LogP contribution is 2.27. The third-order valence-electron chi connectivity index (χ3n) is 2.83. The first-order valence-electron chi connectivity index (χ1n) is 6.80. The fourth-order valence-electron chi connectivity index (χ4n) is 1.76. The average Bonchev–Trinajstić information content (AvgIpc) is 2.45. The lowest BCUT2D eigenvalue weighted by Crippen LogP contribution is -2.22. The minimum Gasteiger partial charge on any atom is -0.486 e. The molecule has 0 radical (unpaired) electrons. The Hall–Kier alpha value is -1.29. The van der Waals surface area contributed by atoms with E-state index in [9.17, 15) is 0 Å². The molecule has 1 aromatic carbocycles. The molecule has 0 saturated carbocycles. The van der Waals surface area contributed by atoms with Crippen LogP contribution in [0, 0.1) is 0 Å². The van der Waals surface area contributed by atoms with Crippen molar-refractivity contribution in [3.63, 3.8) is 0 Å². The van der Waals surface area contributed by atoms with Crippen LogP contribution in [0.25, 0.3) is 0 Å². The van der Waals surface area contributed by atoms with Crippen LogP contribution in [-0.4, -0.2) is 11.0 Å². The summed E-state index contributed by atoms with van der Waals surface area (Å²) in [5, 5.41) is 4.43. The zero-order valence-electron chi connectivity index (χ0n) is 12.1. The minimum absolute atomic E-state index is 0.372. The predicted octanol–water partition coefficient (Wildman–Crippen LogP) is 4.47. The molecule has 0 fully saturated rings. The Morgan fingerprint density at radius 2 is 1.90 bits per heavy atom. The van der Waals surface area contributed by atoms with Crippen molar-refractivity contribution < 1.29 is 4.74 Å². The third-order valence-corrected chi connectivity index (χ3v) is 3.36. The summed E-state index contributed by atoms with van der Waals surface area (Å²) in [6, 6.07) is 11.5. The van der Waals surface area contributed by atoms with Gasteiger partial charge in [-0.15, -0.1) is 0 Å². The Labute approximate surface area is 135 Å². The van der Waals surface area contributed by atoms with Crippen LogP contribution in [0.3, 0.4) is 0 Å². The number of hydrogen-bond acceptors (Lipinski definition) is 3. The van der Waals surface area contributed by atoms with Crippen LogP contribution in [0.1, 0.15) is 25.2 Å². The number of halogens is 2. The van der Waals surface area contributed by atoms with Crippen molar-refractivity contribution in [1.82, 2.24) is 10.3 Å². The van der Waals surface area contributed by atoms with E-state index in [1.165, 1.54) is 0 Å². The smallest absolute Gasteiger partial charge is 0.138 e. The summed E-state index contributed by atoms with van der Waals surface area (Å²) in [6.45, 7) is 5.33. The van der Waals surface area contributed by atoms with Gasteiger partial charge in [0.25, 0.3) is 0 Å². The summed E-state index contributed by atoms with van der Waals surface area (Å²) in [4.78, 5) is 4.55. The summed E-state index contributed by atoms with van der Waals surface area (Å²) in [5.41, 5.74) is 1.86. The molecule has 0 unspecified atom stereocenters. The fraction of sp³-hybridized carbons (Fsp3) is 0.312. The molecule has 0 saturated heterocycles. The number of nitrogens with one attached hydrogen (secondary N) is 1. The van der Waals surface area contributed by atoms with Crippen LogP contribution < -0.4 is 10.1 Å². The average molecular weight is 325 g/mol. The van der Waals surface area contributed by atoms with Gasteiger partial charge < -0.3 is 10.1 Å². The standard InChI is InChI=1S/C16H18Cl2N2O/c1-11(2)19-9-13-4-3-5-14(20-13)10-21-16-7-6-12(17)8-15(16)18/h3-8,11,19H,9-10H2,1-2H3. The van der Waals surface area contributed by atoms with Gasteiger partial charge in [-0.05, 0) is 30.3 Å². The zero-order valence-corrected chi connectivity index (χ0v) is 13.6. The molecule has 2 aromatic rings. The Morgan fingerprint density at radius 3 is 2.62 bits per heavy atom. The van der Waals surface area contributed by atoms with Crippen molar-refractivity contribution >= 4 is 23.2 Å². The number of hydrogen-bond donors (Lipinski definition) is 1. The van der Waals surface area contributed by atoms with Crippen molar-refractivity contribution in [2.45, 2.75) is 33.0 Å². The molecule has 1 aromatic heterocycles. The fourth-order valence-corrected chi connectivity index (χ4v) is 2.22. The van der Waals surface area contributed by atoms with Crippen LogP contribution in [0.4, 0.5) is 0 Å². The second-order valence-electron chi connectivity index (χ2n) is 5.02. The Kier molecular flexibility index (Phi) is 5.85. The molecule has 0 aliphatic carbocycles. The van der Waals surface area contributed by atoms with E-state index in [0.717, 1.165) is 17.9 Å². The molecule has 2 rings (SSSR count). The second-order valence-corrected chi connectivity index (χ2v) is 5.86. The highest BCUT2D eigenvalue weighted by atomic mass is 35.5. The molecule has 0 aliphatic heterocycles. The molecule has 0 atom stereocenters. The van der Waals surface area contributed by atoms with E-state index >= 15 is 0 Å². The number of ether oxygens (including phenoxy) is 1. The number of benzene rings is 1. The van der Waals surface area contributed by atoms with Crippen molar-refractivity contribution in [2.75, 3.05) is 0 Å². The van der Waals surface area contributed by atoms with Crippen LogP contribution >= 0.6 is 23.2 Å². The summed E-state index contributed by atoms with van der Waals surface area (Å²) in [5.74, 6) is 0.605. The van der Waals surface area contributed by atoms with E-state index in [4.69, 9.17) is 27.9 Å². The van der Waals surface area contributed by atoms with E-state index in [0.29, 0.717) is 28.4 Å². The van der Waals surface area contributed by atoms with Crippen molar-refractivity contribution in [3.05, 3.63) is 57.8 Å². The Bertz CT molecular complexity index is 603. The van der Waals surface area contributed by atoms with Crippen molar-refractivity contribution in [3.8, 4) is 5.75 Å². The van der Waals surface area contributed by atoms with Crippen molar-refractivity contribution in [2.24, 2.45) is 0 Å². The topological polar surface area (TPSA) is 34.1 Å². The quantitative estimate of drug-likeness (QED) is 0.851.